The van der Waals surface area contributed by atoms with Crippen LogP contribution >= 0.6 is 0 Å². The van der Waals surface area contributed by atoms with Crippen molar-refractivity contribution in [1.82, 2.24) is 5.32 Å². The molecule has 2 aromatic carbocycles. The Hall–Kier alpha value is -2.21. The van der Waals surface area contributed by atoms with Crippen LogP contribution < -0.4 is 5.32 Å². The van der Waals surface area contributed by atoms with Crippen molar-refractivity contribution in [3.8, 4) is 0 Å². The van der Waals surface area contributed by atoms with Crippen LogP contribution in [0.1, 0.15) is 21.5 Å². The van der Waals surface area contributed by atoms with Gasteiger partial charge in [-0.2, -0.15) is 0 Å². The average Bonchev–Trinajstić information content (AvgIpc) is 2.45. The summed E-state index contributed by atoms with van der Waals surface area (Å²) in [6.45, 7) is 1.97. The molecule has 0 aliphatic rings. The smallest absolute Gasteiger partial charge is 0.251 e. The molecule has 2 aromatic rings. The minimum Gasteiger partial charge on any atom is -0.348 e. The summed E-state index contributed by atoms with van der Waals surface area (Å²) in [5.41, 5.74) is 1.75. The molecule has 1 amide bonds. The molecule has 0 heterocycles. The van der Waals surface area contributed by atoms with Gasteiger partial charge in [-0.1, -0.05) is 18.2 Å². The molecule has 0 spiro atoms. The van der Waals surface area contributed by atoms with Gasteiger partial charge in [-0.25, -0.2) is 12.8 Å². The molecule has 0 aliphatic carbocycles. The van der Waals surface area contributed by atoms with Crippen molar-refractivity contribution in [1.29, 1.82) is 0 Å². The maximum absolute atomic E-state index is 12.8. The van der Waals surface area contributed by atoms with Crippen LogP contribution in [0.25, 0.3) is 0 Å². The molecule has 0 saturated heterocycles. The maximum atomic E-state index is 12.8. The maximum Gasteiger partial charge on any atom is 0.251 e. The highest BCUT2D eigenvalue weighted by atomic mass is 32.2. The Bertz CT molecular complexity index is 799. The first-order valence-electron chi connectivity index (χ1n) is 6.61. The molecule has 1 N–H and O–H groups in total. The zero-order chi connectivity index (χ0) is 16.3. The summed E-state index contributed by atoms with van der Waals surface area (Å²) in [6, 6.07) is 10.2. The molecule has 0 radical (unpaired) electrons. The molecule has 116 valence electrons. The first-order chi connectivity index (χ1) is 10.3. The Balaban J connectivity index is 2.17. The number of nitrogens with one attached hydrogen (secondary N) is 1. The summed E-state index contributed by atoms with van der Waals surface area (Å²) in [5.74, 6) is -0.709. The fourth-order valence-corrected chi connectivity index (χ4v) is 2.60. The second kappa shape index (κ2) is 6.27. The summed E-state index contributed by atoms with van der Waals surface area (Å²) in [4.78, 5) is 12.3. The highest BCUT2D eigenvalue weighted by Gasteiger charge is 2.14. The lowest BCUT2D eigenvalue weighted by Gasteiger charge is -2.09. The number of sulfone groups is 1. The predicted molar refractivity (Wildman–Crippen MR) is 81.9 cm³/mol. The largest absolute Gasteiger partial charge is 0.348 e. The molecule has 0 bridgehead atoms. The SMILES string of the molecule is Cc1ccc(S(C)(=O)=O)cc1C(=O)NCc1ccc(F)cc1. The van der Waals surface area contributed by atoms with Gasteiger partial charge in [0.25, 0.3) is 5.91 Å². The molecule has 0 fully saturated rings. The summed E-state index contributed by atoms with van der Waals surface area (Å²) in [5, 5.41) is 2.70. The number of benzene rings is 2. The number of halogens is 1. The van der Waals surface area contributed by atoms with E-state index in [1.807, 2.05) is 0 Å². The number of hydrogen-bond acceptors (Lipinski definition) is 3. The lowest BCUT2D eigenvalue weighted by molar-refractivity contribution is 0.0950. The molecular formula is C16H16FNO3S. The van der Waals surface area contributed by atoms with Crippen LogP contribution in [0, 0.1) is 12.7 Å². The number of carbonyl (C=O) groups excluding carboxylic acids is 1. The van der Waals surface area contributed by atoms with Crippen LogP contribution in [0.4, 0.5) is 4.39 Å². The van der Waals surface area contributed by atoms with Gasteiger partial charge in [-0.05, 0) is 42.3 Å². The number of rotatable bonds is 4. The Labute approximate surface area is 128 Å². The van der Waals surface area contributed by atoms with Gasteiger partial charge in [0.05, 0.1) is 4.90 Å². The number of aryl methyl sites for hydroxylation is 1. The van der Waals surface area contributed by atoms with E-state index in [-0.39, 0.29) is 23.2 Å². The zero-order valence-corrected chi connectivity index (χ0v) is 13.1. The molecule has 2 rings (SSSR count). The molecular weight excluding hydrogens is 305 g/mol. The van der Waals surface area contributed by atoms with Crippen LogP contribution in [-0.4, -0.2) is 20.6 Å². The minimum atomic E-state index is -3.37. The number of carbonyl (C=O) groups is 1. The third-order valence-corrected chi connectivity index (χ3v) is 4.36. The average molecular weight is 321 g/mol. The highest BCUT2D eigenvalue weighted by molar-refractivity contribution is 7.90. The van der Waals surface area contributed by atoms with Gasteiger partial charge in [0.1, 0.15) is 5.82 Å². The Morgan fingerprint density at radius 2 is 1.77 bits per heavy atom. The summed E-state index contributed by atoms with van der Waals surface area (Å²) in [7, 11) is -3.37. The van der Waals surface area contributed by atoms with E-state index in [1.165, 1.54) is 24.3 Å². The van der Waals surface area contributed by atoms with Crippen LogP contribution in [0.15, 0.2) is 47.4 Å². The van der Waals surface area contributed by atoms with E-state index in [2.05, 4.69) is 5.32 Å². The van der Waals surface area contributed by atoms with Gasteiger partial charge in [-0.15, -0.1) is 0 Å². The predicted octanol–water partition coefficient (Wildman–Crippen LogP) is 2.47. The van der Waals surface area contributed by atoms with E-state index in [9.17, 15) is 17.6 Å². The Kier molecular flexibility index (Phi) is 4.61. The fraction of sp³-hybridized carbons (Fsp3) is 0.188. The van der Waals surface area contributed by atoms with Crippen molar-refractivity contribution in [3.05, 3.63) is 65.0 Å². The second-order valence-corrected chi connectivity index (χ2v) is 7.07. The van der Waals surface area contributed by atoms with E-state index in [4.69, 9.17) is 0 Å². The Morgan fingerprint density at radius 3 is 2.36 bits per heavy atom. The van der Waals surface area contributed by atoms with Crippen LogP contribution in [-0.2, 0) is 16.4 Å². The van der Waals surface area contributed by atoms with Gasteiger partial charge in [-0.3, -0.25) is 4.79 Å². The first-order valence-corrected chi connectivity index (χ1v) is 8.50. The van der Waals surface area contributed by atoms with Crippen molar-refractivity contribution in [2.45, 2.75) is 18.4 Å². The molecule has 4 nitrogen and oxygen atoms in total. The molecule has 0 aromatic heterocycles. The van der Waals surface area contributed by atoms with Crippen molar-refractivity contribution in [2.24, 2.45) is 0 Å². The van der Waals surface area contributed by atoms with Gasteiger partial charge in [0.2, 0.25) is 0 Å². The van der Waals surface area contributed by atoms with Crippen molar-refractivity contribution in [3.63, 3.8) is 0 Å². The second-order valence-electron chi connectivity index (χ2n) is 5.06. The molecule has 6 heteroatoms. The molecule has 0 unspecified atom stereocenters. The van der Waals surface area contributed by atoms with Gasteiger partial charge in [0, 0.05) is 18.4 Å². The van der Waals surface area contributed by atoms with E-state index < -0.39 is 9.84 Å². The number of amides is 1. The molecule has 22 heavy (non-hydrogen) atoms. The standard InChI is InChI=1S/C16H16FNO3S/c1-11-3-8-14(22(2,20)21)9-15(11)16(19)18-10-12-4-6-13(17)7-5-12/h3-9H,10H2,1-2H3,(H,18,19). The fourth-order valence-electron chi connectivity index (χ4n) is 1.96. The highest BCUT2D eigenvalue weighted by Crippen LogP contribution is 2.16. The normalized spacial score (nSPS) is 11.2. The molecule has 0 saturated carbocycles. The van der Waals surface area contributed by atoms with Gasteiger partial charge >= 0.3 is 0 Å². The van der Waals surface area contributed by atoms with E-state index >= 15 is 0 Å². The first kappa shape index (κ1) is 16.2. The van der Waals surface area contributed by atoms with Crippen LogP contribution in [0.2, 0.25) is 0 Å². The molecule has 0 aliphatic heterocycles. The van der Waals surface area contributed by atoms with E-state index in [0.29, 0.717) is 11.1 Å². The lowest BCUT2D eigenvalue weighted by atomic mass is 10.1. The minimum absolute atomic E-state index is 0.102. The van der Waals surface area contributed by atoms with Crippen molar-refractivity contribution >= 4 is 15.7 Å². The summed E-state index contributed by atoms with van der Waals surface area (Å²) < 4.78 is 35.9. The van der Waals surface area contributed by atoms with Crippen molar-refractivity contribution < 1.29 is 17.6 Å². The Morgan fingerprint density at radius 1 is 1.14 bits per heavy atom. The van der Waals surface area contributed by atoms with Gasteiger partial charge in [0.15, 0.2) is 9.84 Å². The monoisotopic (exact) mass is 321 g/mol. The van der Waals surface area contributed by atoms with E-state index in [0.717, 1.165) is 11.8 Å². The van der Waals surface area contributed by atoms with Crippen LogP contribution in [0.5, 0.6) is 0 Å². The molecule has 0 atom stereocenters. The zero-order valence-electron chi connectivity index (χ0n) is 12.3. The van der Waals surface area contributed by atoms with E-state index in [1.54, 1.807) is 25.1 Å². The topological polar surface area (TPSA) is 63.2 Å². The van der Waals surface area contributed by atoms with Crippen molar-refractivity contribution in [2.75, 3.05) is 6.26 Å². The third kappa shape index (κ3) is 3.92. The summed E-state index contributed by atoms with van der Waals surface area (Å²) in [6.07, 6.45) is 1.10. The number of hydrogen-bond donors (Lipinski definition) is 1. The van der Waals surface area contributed by atoms with Crippen LogP contribution in [0.3, 0.4) is 0 Å². The summed E-state index contributed by atoms with van der Waals surface area (Å²) >= 11 is 0. The van der Waals surface area contributed by atoms with Gasteiger partial charge < -0.3 is 5.32 Å². The third-order valence-electron chi connectivity index (χ3n) is 3.25. The quantitative estimate of drug-likeness (QED) is 0.941. The lowest BCUT2D eigenvalue weighted by Crippen LogP contribution is -2.24.